The molecule has 13 aromatic rings. The van der Waals surface area contributed by atoms with Crippen LogP contribution in [0.1, 0.15) is 0 Å². The summed E-state index contributed by atoms with van der Waals surface area (Å²) in [7, 11) is 0. The van der Waals surface area contributed by atoms with Crippen molar-refractivity contribution in [2.75, 3.05) is 0 Å². The average Bonchev–Trinajstić information content (AvgIpc) is 3.87. The van der Waals surface area contributed by atoms with Crippen LogP contribution in [-0.4, -0.2) is 15.0 Å². The van der Waals surface area contributed by atoms with Crippen LogP contribution < -0.4 is 0 Å². The van der Waals surface area contributed by atoms with Crippen molar-refractivity contribution in [1.82, 2.24) is 15.0 Å². The smallest absolute Gasteiger partial charge is 0.168 e. The number of hydrogen-bond donors (Lipinski definition) is 0. The van der Waals surface area contributed by atoms with Gasteiger partial charge in [0.2, 0.25) is 0 Å². The number of aromatic nitrogens is 3. The van der Waals surface area contributed by atoms with Crippen molar-refractivity contribution >= 4 is 118 Å². The summed E-state index contributed by atoms with van der Waals surface area (Å²) < 4.78 is 18.7. The molecule has 5 nitrogen and oxygen atoms in total. The molecule has 54 heavy (non-hydrogen) atoms. The van der Waals surface area contributed by atoms with Crippen LogP contribution in [0.3, 0.4) is 0 Å². The van der Waals surface area contributed by atoms with Crippen LogP contribution >= 0.6 is 22.7 Å². The number of para-hydroxylation sites is 1. The van der Waals surface area contributed by atoms with Crippen molar-refractivity contribution in [3.63, 3.8) is 0 Å². The van der Waals surface area contributed by atoms with Crippen LogP contribution in [0.15, 0.2) is 148 Å². The van der Waals surface area contributed by atoms with Gasteiger partial charge in [0.1, 0.15) is 22.3 Å². The summed E-state index contributed by atoms with van der Waals surface area (Å²) in [5, 5.41) is 11.4. The van der Waals surface area contributed by atoms with Crippen LogP contribution in [0, 0.1) is 0 Å². The minimum atomic E-state index is 0.558. The first-order valence-corrected chi connectivity index (χ1v) is 19.5. The Labute approximate surface area is 313 Å². The van der Waals surface area contributed by atoms with Gasteiger partial charge in [-0.05, 0) is 58.6 Å². The van der Waals surface area contributed by atoms with E-state index in [1.54, 1.807) is 11.3 Å². The Bertz CT molecular complexity index is 3690. The summed E-state index contributed by atoms with van der Waals surface area (Å²) in [5.41, 5.74) is 5.93. The Balaban J connectivity index is 1.16. The molecule has 0 atom stereocenters. The molecule has 13 rings (SSSR count). The number of thiophene rings is 2. The molecule has 0 amide bonds. The van der Waals surface area contributed by atoms with E-state index >= 15 is 0 Å². The summed E-state index contributed by atoms with van der Waals surface area (Å²) in [6.07, 6.45) is 0. The largest absolute Gasteiger partial charge is 0.455 e. The molecular formula is C47H23N3O2S2. The highest BCUT2D eigenvalue weighted by molar-refractivity contribution is 7.28. The molecule has 0 radical (unpaired) electrons. The summed E-state index contributed by atoms with van der Waals surface area (Å²) in [6.45, 7) is 0. The fraction of sp³-hybridized carbons (Fsp3) is 0. The molecular weight excluding hydrogens is 703 g/mol. The zero-order valence-electron chi connectivity index (χ0n) is 28.3. The molecule has 7 heteroatoms. The predicted octanol–water partition coefficient (Wildman–Crippen LogP) is 14.0. The normalized spacial score (nSPS) is 12.4. The molecule has 8 aromatic carbocycles. The van der Waals surface area contributed by atoms with E-state index in [0.29, 0.717) is 17.5 Å². The van der Waals surface area contributed by atoms with Crippen molar-refractivity contribution < 1.29 is 8.83 Å². The number of hydrogen-bond acceptors (Lipinski definition) is 7. The van der Waals surface area contributed by atoms with Crippen molar-refractivity contribution in [2.45, 2.75) is 0 Å². The van der Waals surface area contributed by atoms with E-state index in [2.05, 4.69) is 97.1 Å². The fourth-order valence-electron chi connectivity index (χ4n) is 8.49. The fourth-order valence-corrected chi connectivity index (χ4v) is 10.8. The second kappa shape index (κ2) is 10.5. The predicted molar refractivity (Wildman–Crippen MR) is 225 cm³/mol. The van der Waals surface area contributed by atoms with Gasteiger partial charge in [-0.1, -0.05) is 97.1 Å². The highest BCUT2D eigenvalue weighted by Gasteiger charge is 2.24. The molecule has 0 fully saturated rings. The van der Waals surface area contributed by atoms with Crippen LogP contribution in [0.5, 0.6) is 0 Å². The molecule has 0 aliphatic heterocycles. The lowest BCUT2D eigenvalue weighted by atomic mass is 9.99. The quantitative estimate of drug-likeness (QED) is 0.181. The average molecular weight is 726 g/mol. The third kappa shape index (κ3) is 3.89. The Morgan fingerprint density at radius 2 is 0.981 bits per heavy atom. The number of fused-ring (bicyclic) bond motifs is 6. The van der Waals surface area contributed by atoms with Gasteiger partial charge in [-0.15, -0.1) is 22.7 Å². The van der Waals surface area contributed by atoms with E-state index in [1.165, 1.54) is 35.6 Å². The van der Waals surface area contributed by atoms with Gasteiger partial charge < -0.3 is 8.83 Å². The zero-order chi connectivity index (χ0) is 35.1. The van der Waals surface area contributed by atoms with Gasteiger partial charge in [0.15, 0.2) is 17.5 Å². The Morgan fingerprint density at radius 1 is 0.370 bits per heavy atom. The lowest BCUT2D eigenvalue weighted by Gasteiger charge is -2.11. The van der Waals surface area contributed by atoms with Gasteiger partial charge in [-0.2, -0.15) is 0 Å². The first kappa shape index (κ1) is 28.9. The third-order valence-corrected chi connectivity index (χ3v) is 13.1. The number of nitrogens with zero attached hydrogens (tertiary/aromatic N) is 3. The highest BCUT2D eigenvalue weighted by Crippen LogP contribution is 2.51. The molecule has 0 saturated carbocycles. The van der Waals surface area contributed by atoms with Gasteiger partial charge in [-0.3, -0.25) is 0 Å². The summed E-state index contributed by atoms with van der Waals surface area (Å²) in [5.74, 6) is 1.72. The third-order valence-electron chi connectivity index (χ3n) is 10.9. The number of rotatable bonds is 3. The molecule has 0 bridgehead atoms. The van der Waals surface area contributed by atoms with Crippen LogP contribution in [-0.2, 0) is 0 Å². The van der Waals surface area contributed by atoms with Crippen LogP contribution in [0.25, 0.3) is 129 Å². The summed E-state index contributed by atoms with van der Waals surface area (Å²) in [6, 6.07) is 48.6. The maximum Gasteiger partial charge on any atom is 0.168 e. The van der Waals surface area contributed by atoms with E-state index in [4.69, 9.17) is 23.8 Å². The van der Waals surface area contributed by atoms with Gasteiger partial charge >= 0.3 is 0 Å². The lowest BCUT2D eigenvalue weighted by Crippen LogP contribution is -2.01. The molecule has 250 valence electrons. The minimum absolute atomic E-state index is 0.558. The van der Waals surface area contributed by atoms with Crippen molar-refractivity contribution in [3.05, 3.63) is 140 Å². The second-order valence-electron chi connectivity index (χ2n) is 13.9. The van der Waals surface area contributed by atoms with Crippen molar-refractivity contribution in [1.29, 1.82) is 0 Å². The molecule has 0 aliphatic rings. The standard InChI is InChI=1S/C47H23N3O2S2/c1-2-10-24(11-3-1)45-48-46(50-47(49-45)38-28-14-6-4-12-25(28)20-31-30-16-8-9-17-32(30)51-44(31)38)27-21-33-39-36(23-27)53-34-18-19-35-41(40(34)39)42-37(54-35)22-26-13-5-7-15-29(26)43(42)52-33/h1-23H. The number of furan rings is 1. The first-order chi connectivity index (χ1) is 26.7. The van der Waals surface area contributed by atoms with Crippen LogP contribution in [0.4, 0.5) is 0 Å². The van der Waals surface area contributed by atoms with Gasteiger partial charge in [0.25, 0.3) is 0 Å². The van der Waals surface area contributed by atoms with E-state index < -0.39 is 0 Å². The van der Waals surface area contributed by atoms with Gasteiger partial charge in [0.05, 0.1) is 5.56 Å². The Kier molecular flexibility index (Phi) is 5.60. The molecule has 0 spiro atoms. The summed E-state index contributed by atoms with van der Waals surface area (Å²) in [4.78, 5) is 15.7. The van der Waals surface area contributed by atoms with E-state index in [1.807, 2.05) is 53.8 Å². The van der Waals surface area contributed by atoms with Gasteiger partial charge in [0, 0.05) is 67.6 Å². The molecule has 0 aliphatic carbocycles. The van der Waals surface area contributed by atoms with E-state index in [-0.39, 0.29) is 0 Å². The molecule has 5 heterocycles. The van der Waals surface area contributed by atoms with Crippen molar-refractivity contribution in [3.8, 4) is 34.2 Å². The molecule has 5 aromatic heterocycles. The topological polar surface area (TPSA) is 65.0 Å². The summed E-state index contributed by atoms with van der Waals surface area (Å²) >= 11 is 3.63. The second-order valence-corrected chi connectivity index (χ2v) is 16.1. The molecule has 0 N–H and O–H groups in total. The van der Waals surface area contributed by atoms with Crippen molar-refractivity contribution in [2.24, 2.45) is 0 Å². The zero-order valence-corrected chi connectivity index (χ0v) is 29.9. The molecule has 0 saturated heterocycles. The number of benzene rings is 8. The SMILES string of the molecule is c1ccc(-c2nc(-c3cc4oc5c6ccccc6cc6sc7ccc8sc(c3)c4c8c7c65)nc(-c3c4ccccc4cc4c3oc3ccccc34)n2)cc1. The minimum Gasteiger partial charge on any atom is -0.455 e. The maximum atomic E-state index is 7.15. The lowest BCUT2D eigenvalue weighted by molar-refractivity contribution is 0.668. The van der Waals surface area contributed by atoms with E-state index in [9.17, 15) is 0 Å². The first-order valence-electron chi connectivity index (χ1n) is 17.8. The Hall–Kier alpha value is -6.67. The van der Waals surface area contributed by atoms with Crippen LogP contribution in [0.2, 0.25) is 0 Å². The van der Waals surface area contributed by atoms with Gasteiger partial charge in [-0.25, -0.2) is 15.0 Å². The highest BCUT2D eigenvalue weighted by atomic mass is 32.1. The van der Waals surface area contributed by atoms with E-state index in [0.717, 1.165) is 76.0 Å². The maximum absolute atomic E-state index is 7.15. The monoisotopic (exact) mass is 725 g/mol. The molecule has 0 unspecified atom stereocenters. The Morgan fingerprint density at radius 3 is 1.80 bits per heavy atom.